The van der Waals surface area contributed by atoms with Crippen molar-refractivity contribution in [1.82, 2.24) is 0 Å². The summed E-state index contributed by atoms with van der Waals surface area (Å²) in [7, 11) is 0. The first-order valence-electron chi connectivity index (χ1n) is 6.31. The summed E-state index contributed by atoms with van der Waals surface area (Å²) in [5, 5.41) is 0. The zero-order valence-electron chi connectivity index (χ0n) is 9.80. The third-order valence-electron chi connectivity index (χ3n) is 4.69. The SMILES string of the molecule is CC(=O)OCC12C[C@@H]3C[C@@H](CC(F)(C3)C1)C2. The molecule has 4 saturated carbocycles. The number of esters is 1. The number of hydrogen-bond donors (Lipinski definition) is 0. The van der Waals surface area contributed by atoms with Crippen molar-refractivity contribution in [3.8, 4) is 0 Å². The Hall–Kier alpha value is -0.600. The lowest BCUT2D eigenvalue weighted by atomic mass is 9.49. The van der Waals surface area contributed by atoms with Crippen LogP contribution >= 0.6 is 0 Å². The molecule has 0 aromatic rings. The fourth-order valence-corrected chi connectivity index (χ4v) is 4.76. The maximum Gasteiger partial charge on any atom is 0.302 e. The summed E-state index contributed by atoms with van der Waals surface area (Å²) < 4.78 is 19.7. The molecule has 16 heavy (non-hydrogen) atoms. The molecule has 4 aliphatic rings. The number of halogens is 1. The van der Waals surface area contributed by atoms with E-state index in [-0.39, 0.29) is 11.4 Å². The Morgan fingerprint density at radius 1 is 1.31 bits per heavy atom. The van der Waals surface area contributed by atoms with Crippen LogP contribution in [0, 0.1) is 17.3 Å². The minimum atomic E-state index is -0.940. The van der Waals surface area contributed by atoms with Gasteiger partial charge < -0.3 is 4.74 Å². The van der Waals surface area contributed by atoms with Gasteiger partial charge in [0, 0.05) is 12.3 Å². The van der Waals surface area contributed by atoms with Gasteiger partial charge >= 0.3 is 5.97 Å². The van der Waals surface area contributed by atoms with E-state index in [1.54, 1.807) is 0 Å². The molecule has 2 unspecified atom stereocenters. The Kier molecular flexibility index (Phi) is 2.11. The molecule has 0 radical (unpaired) electrons. The molecule has 0 aromatic carbocycles. The molecule has 4 atom stereocenters. The first kappa shape index (κ1) is 10.5. The van der Waals surface area contributed by atoms with Crippen LogP contribution in [0.1, 0.15) is 45.4 Å². The van der Waals surface area contributed by atoms with E-state index in [1.807, 2.05) is 0 Å². The third kappa shape index (κ3) is 1.64. The van der Waals surface area contributed by atoms with Crippen molar-refractivity contribution in [3.63, 3.8) is 0 Å². The summed E-state index contributed by atoms with van der Waals surface area (Å²) in [5.41, 5.74) is -0.964. The lowest BCUT2D eigenvalue weighted by Crippen LogP contribution is -2.55. The summed E-state index contributed by atoms with van der Waals surface area (Å²) >= 11 is 0. The molecule has 0 aromatic heterocycles. The van der Waals surface area contributed by atoms with Crippen LogP contribution in [-0.4, -0.2) is 18.2 Å². The number of hydrogen-bond acceptors (Lipinski definition) is 2. The lowest BCUT2D eigenvalue weighted by molar-refractivity contribution is -0.165. The molecule has 4 fully saturated rings. The van der Waals surface area contributed by atoms with Crippen LogP contribution in [-0.2, 0) is 9.53 Å². The lowest BCUT2D eigenvalue weighted by Gasteiger charge is -2.58. The van der Waals surface area contributed by atoms with Crippen LogP contribution in [0.3, 0.4) is 0 Å². The fourth-order valence-electron chi connectivity index (χ4n) is 4.76. The van der Waals surface area contributed by atoms with Crippen LogP contribution in [0.15, 0.2) is 0 Å². The van der Waals surface area contributed by atoms with E-state index in [0.717, 1.165) is 25.7 Å². The number of carbonyl (C=O) groups excluding carboxylic acids is 1. The minimum Gasteiger partial charge on any atom is -0.465 e. The van der Waals surface area contributed by atoms with E-state index in [4.69, 9.17) is 4.74 Å². The summed E-state index contributed by atoms with van der Waals surface area (Å²) in [4.78, 5) is 10.9. The number of ether oxygens (including phenoxy) is 1. The standard InChI is InChI=1S/C13H19FO2/c1-9(15)16-8-12-3-10-2-11(4-12)6-13(14,5-10)7-12/h10-11H,2-8H2,1H3/t10-,11+,12?,13?. The largest absolute Gasteiger partial charge is 0.465 e. The van der Waals surface area contributed by atoms with Gasteiger partial charge in [-0.1, -0.05) is 0 Å². The highest BCUT2D eigenvalue weighted by Gasteiger charge is 2.58. The second kappa shape index (κ2) is 3.21. The van der Waals surface area contributed by atoms with Gasteiger partial charge in [0.15, 0.2) is 0 Å². The minimum absolute atomic E-state index is 0.0233. The molecule has 4 aliphatic carbocycles. The Labute approximate surface area is 95.5 Å². The maximum absolute atomic E-state index is 14.5. The second-order valence-corrected chi connectivity index (χ2v) is 6.39. The summed E-state index contributed by atoms with van der Waals surface area (Å²) in [6.07, 6.45) is 5.48. The average molecular weight is 226 g/mol. The van der Waals surface area contributed by atoms with Gasteiger partial charge in [-0.05, 0) is 50.4 Å². The molecule has 0 amide bonds. The van der Waals surface area contributed by atoms with Crippen molar-refractivity contribution in [2.75, 3.05) is 6.61 Å². The van der Waals surface area contributed by atoms with E-state index in [0.29, 0.717) is 24.9 Å². The van der Waals surface area contributed by atoms with Crippen LogP contribution in [0.25, 0.3) is 0 Å². The van der Waals surface area contributed by atoms with Gasteiger partial charge in [0.2, 0.25) is 0 Å². The van der Waals surface area contributed by atoms with Gasteiger partial charge in [-0.15, -0.1) is 0 Å². The predicted octanol–water partition coefficient (Wildman–Crippen LogP) is 2.86. The van der Waals surface area contributed by atoms with Gasteiger partial charge in [-0.2, -0.15) is 0 Å². The van der Waals surface area contributed by atoms with E-state index in [1.165, 1.54) is 13.3 Å². The molecule has 2 nitrogen and oxygen atoms in total. The van der Waals surface area contributed by atoms with Crippen LogP contribution < -0.4 is 0 Å². The number of carbonyl (C=O) groups is 1. The van der Waals surface area contributed by atoms with Crippen molar-refractivity contribution in [2.45, 2.75) is 51.1 Å². The van der Waals surface area contributed by atoms with E-state index in [2.05, 4.69) is 0 Å². The zero-order valence-corrected chi connectivity index (χ0v) is 9.80. The molecule has 0 aliphatic heterocycles. The Morgan fingerprint density at radius 2 is 1.94 bits per heavy atom. The molecular formula is C13H19FO2. The molecule has 90 valence electrons. The van der Waals surface area contributed by atoms with Gasteiger partial charge in [0.05, 0.1) is 6.61 Å². The highest BCUT2D eigenvalue weighted by atomic mass is 19.1. The Bertz CT molecular complexity index is 312. The highest BCUT2D eigenvalue weighted by Crippen LogP contribution is 2.62. The van der Waals surface area contributed by atoms with Crippen LogP contribution in [0.5, 0.6) is 0 Å². The smallest absolute Gasteiger partial charge is 0.302 e. The monoisotopic (exact) mass is 226 g/mol. The second-order valence-electron chi connectivity index (χ2n) is 6.39. The van der Waals surface area contributed by atoms with Crippen molar-refractivity contribution in [3.05, 3.63) is 0 Å². The Balaban J connectivity index is 1.78. The fraction of sp³-hybridized carbons (Fsp3) is 0.923. The highest BCUT2D eigenvalue weighted by molar-refractivity contribution is 5.65. The zero-order chi connectivity index (χ0) is 11.4. The van der Waals surface area contributed by atoms with Crippen molar-refractivity contribution < 1.29 is 13.9 Å². The van der Waals surface area contributed by atoms with Crippen molar-refractivity contribution in [1.29, 1.82) is 0 Å². The third-order valence-corrected chi connectivity index (χ3v) is 4.69. The van der Waals surface area contributed by atoms with Crippen molar-refractivity contribution in [2.24, 2.45) is 17.3 Å². The van der Waals surface area contributed by atoms with Crippen molar-refractivity contribution >= 4 is 5.97 Å². The van der Waals surface area contributed by atoms with Gasteiger partial charge in [-0.3, -0.25) is 4.79 Å². The first-order chi connectivity index (χ1) is 7.49. The van der Waals surface area contributed by atoms with E-state index < -0.39 is 5.67 Å². The number of alkyl halides is 1. The molecule has 0 N–H and O–H groups in total. The van der Waals surface area contributed by atoms with Gasteiger partial charge in [-0.25, -0.2) is 4.39 Å². The molecule has 0 heterocycles. The van der Waals surface area contributed by atoms with E-state index >= 15 is 0 Å². The molecule has 0 spiro atoms. The molecule has 4 bridgehead atoms. The normalized spacial score (nSPS) is 49.4. The van der Waals surface area contributed by atoms with Crippen LogP contribution in [0.2, 0.25) is 0 Å². The van der Waals surface area contributed by atoms with Gasteiger partial charge in [0.1, 0.15) is 5.67 Å². The van der Waals surface area contributed by atoms with Crippen LogP contribution in [0.4, 0.5) is 4.39 Å². The average Bonchev–Trinajstić information content (AvgIpc) is 2.10. The molecule has 3 heteroatoms. The molecule has 0 saturated heterocycles. The first-order valence-corrected chi connectivity index (χ1v) is 6.31. The summed E-state index contributed by atoms with van der Waals surface area (Å²) in [6, 6.07) is 0. The quantitative estimate of drug-likeness (QED) is 0.677. The summed E-state index contributed by atoms with van der Waals surface area (Å²) in [5.74, 6) is 0.854. The predicted molar refractivity (Wildman–Crippen MR) is 57.6 cm³/mol. The molecule has 4 rings (SSSR count). The Morgan fingerprint density at radius 3 is 2.44 bits per heavy atom. The maximum atomic E-state index is 14.5. The topological polar surface area (TPSA) is 26.3 Å². The summed E-state index contributed by atoms with van der Waals surface area (Å²) in [6.45, 7) is 1.88. The number of rotatable bonds is 2. The van der Waals surface area contributed by atoms with E-state index in [9.17, 15) is 9.18 Å². The molecular weight excluding hydrogens is 207 g/mol. The van der Waals surface area contributed by atoms with Gasteiger partial charge in [0.25, 0.3) is 0 Å².